The van der Waals surface area contributed by atoms with Crippen LogP contribution >= 0.6 is 11.6 Å². The minimum absolute atomic E-state index is 0.233. The number of aromatic nitrogens is 1. The van der Waals surface area contributed by atoms with E-state index in [0.29, 0.717) is 27.6 Å². The molecule has 2 aromatic carbocycles. The smallest absolute Gasteiger partial charge is 0.153 e. The number of ether oxygens (including phenoxy) is 1. The van der Waals surface area contributed by atoms with Crippen LogP contribution in [0.25, 0.3) is 10.9 Å². The van der Waals surface area contributed by atoms with Crippen molar-refractivity contribution in [3.8, 4) is 11.5 Å². The Morgan fingerprint density at radius 2 is 2.00 bits per heavy atom. The maximum atomic E-state index is 13.4. The minimum Gasteiger partial charge on any atom is -0.453 e. The first kappa shape index (κ1) is 13.6. The van der Waals surface area contributed by atoms with E-state index in [1.54, 1.807) is 37.4 Å². The SMILES string of the molecule is Cc1cc(Oc2ccc(Cl)c3cccnc23)c(N)cc1F. The van der Waals surface area contributed by atoms with Gasteiger partial charge in [0.2, 0.25) is 0 Å². The Morgan fingerprint density at radius 3 is 2.81 bits per heavy atom. The molecule has 1 aromatic heterocycles. The number of aryl methyl sites for hydroxylation is 1. The topological polar surface area (TPSA) is 48.1 Å². The molecular formula is C16H12ClFN2O. The van der Waals surface area contributed by atoms with Crippen LogP contribution in [0.2, 0.25) is 5.02 Å². The van der Waals surface area contributed by atoms with Gasteiger partial charge < -0.3 is 10.5 Å². The summed E-state index contributed by atoms with van der Waals surface area (Å²) < 4.78 is 19.2. The lowest BCUT2D eigenvalue weighted by molar-refractivity contribution is 0.486. The molecule has 3 aromatic rings. The van der Waals surface area contributed by atoms with Crippen molar-refractivity contribution in [1.29, 1.82) is 0 Å². The maximum absolute atomic E-state index is 13.4. The third kappa shape index (κ3) is 2.50. The fraction of sp³-hybridized carbons (Fsp3) is 0.0625. The number of benzene rings is 2. The van der Waals surface area contributed by atoms with E-state index in [-0.39, 0.29) is 11.5 Å². The van der Waals surface area contributed by atoms with Crippen molar-refractivity contribution in [3.63, 3.8) is 0 Å². The predicted octanol–water partition coefficient (Wildman–Crippen LogP) is 4.71. The molecular weight excluding hydrogens is 291 g/mol. The van der Waals surface area contributed by atoms with E-state index >= 15 is 0 Å². The van der Waals surface area contributed by atoms with Crippen molar-refractivity contribution in [2.75, 3.05) is 5.73 Å². The molecule has 2 N–H and O–H groups in total. The molecule has 0 spiro atoms. The third-order valence-electron chi connectivity index (χ3n) is 3.19. The van der Waals surface area contributed by atoms with Gasteiger partial charge in [0.05, 0.1) is 10.7 Å². The first-order valence-corrected chi connectivity index (χ1v) is 6.71. The molecule has 21 heavy (non-hydrogen) atoms. The van der Waals surface area contributed by atoms with Gasteiger partial charge in [-0.05, 0) is 42.8 Å². The van der Waals surface area contributed by atoms with E-state index in [1.165, 1.54) is 6.07 Å². The molecule has 0 atom stereocenters. The molecule has 0 bridgehead atoms. The highest BCUT2D eigenvalue weighted by Gasteiger charge is 2.11. The van der Waals surface area contributed by atoms with Crippen LogP contribution in [-0.2, 0) is 0 Å². The number of hydrogen-bond acceptors (Lipinski definition) is 3. The third-order valence-corrected chi connectivity index (χ3v) is 3.52. The largest absolute Gasteiger partial charge is 0.453 e. The fourth-order valence-electron chi connectivity index (χ4n) is 2.07. The van der Waals surface area contributed by atoms with Gasteiger partial charge in [0.1, 0.15) is 11.3 Å². The Labute approximate surface area is 126 Å². The van der Waals surface area contributed by atoms with Crippen molar-refractivity contribution in [3.05, 3.63) is 59.0 Å². The number of nitrogen functional groups attached to an aromatic ring is 1. The Morgan fingerprint density at radius 1 is 1.19 bits per heavy atom. The first-order chi connectivity index (χ1) is 10.1. The molecule has 0 aliphatic carbocycles. The van der Waals surface area contributed by atoms with Crippen LogP contribution in [-0.4, -0.2) is 4.98 Å². The van der Waals surface area contributed by atoms with Gasteiger partial charge in [-0.2, -0.15) is 0 Å². The summed E-state index contributed by atoms with van der Waals surface area (Å²) in [7, 11) is 0. The van der Waals surface area contributed by atoms with E-state index in [2.05, 4.69) is 4.98 Å². The van der Waals surface area contributed by atoms with E-state index in [0.717, 1.165) is 5.39 Å². The Balaban J connectivity index is 2.11. The van der Waals surface area contributed by atoms with Gasteiger partial charge in [0, 0.05) is 17.6 Å². The van der Waals surface area contributed by atoms with E-state index in [1.807, 2.05) is 6.07 Å². The van der Waals surface area contributed by atoms with Gasteiger partial charge >= 0.3 is 0 Å². The maximum Gasteiger partial charge on any atom is 0.153 e. The van der Waals surface area contributed by atoms with Crippen LogP contribution < -0.4 is 10.5 Å². The zero-order chi connectivity index (χ0) is 15.0. The molecule has 0 fully saturated rings. The molecule has 0 radical (unpaired) electrons. The number of fused-ring (bicyclic) bond motifs is 1. The Hall–Kier alpha value is -2.33. The lowest BCUT2D eigenvalue weighted by Gasteiger charge is -2.12. The van der Waals surface area contributed by atoms with Crippen LogP contribution in [0, 0.1) is 12.7 Å². The van der Waals surface area contributed by atoms with E-state index in [9.17, 15) is 4.39 Å². The second kappa shape index (κ2) is 5.22. The van der Waals surface area contributed by atoms with E-state index in [4.69, 9.17) is 22.1 Å². The Bertz CT molecular complexity index is 836. The summed E-state index contributed by atoms with van der Waals surface area (Å²) in [6.45, 7) is 1.65. The highest BCUT2D eigenvalue weighted by Crippen LogP contribution is 2.35. The van der Waals surface area contributed by atoms with Crippen molar-refractivity contribution >= 4 is 28.2 Å². The van der Waals surface area contributed by atoms with Gasteiger partial charge in [-0.25, -0.2) is 4.39 Å². The molecule has 1 heterocycles. The summed E-state index contributed by atoms with van der Waals surface area (Å²) >= 11 is 6.14. The fourth-order valence-corrected chi connectivity index (χ4v) is 2.29. The van der Waals surface area contributed by atoms with Crippen LogP contribution in [0.5, 0.6) is 11.5 Å². The number of pyridine rings is 1. The van der Waals surface area contributed by atoms with Gasteiger partial charge in [-0.1, -0.05) is 11.6 Å². The number of hydrogen-bond donors (Lipinski definition) is 1. The summed E-state index contributed by atoms with van der Waals surface area (Å²) in [5.41, 5.74) is 7.13. The summed E-state index contributed by atoms with van der Waals surface area (Å²) in [6, 6.07) is 9.92. The number of anilines is 1. The lowest BCUT2D eigenvalue weighted by Crippen LogP contribution is -1.96. The molecule has 0 aliphatic heterocycles. The van der Waals surface area contributed by atoms with Crippen LogP contribution in [0.15, 0.2) is 42.6 Å². The van der Waals surface area contributed by atoms with Gasteiger partial charge in [0.25, 0.3) is 0 Å². The molecule has 5 heteroatoms. The average Bonchev–Trinajstić information content (AvgIpc) is 2.48. The quantitative estimate of drug-likeness (QED) is 0.697. The minimum atomic E-state index is -0.362. The molecule has 0 saturated heterocycles. The lowest BCUT2D eigenvalue weighted by atomic mass is 10.2. The number of nitrogens with two attached hydrogens (primary N) is 1. The summed E-state index contributed by atoms with van der Waals surface area (Å²) in [5.74, 6) is 0.551. The van der Waals surface area contributed by atoms with Crippen molar-refractivity contribution in [1.82, 2.24) is 4.98 Å². The van der Waals surface area contributed by atoms with Crippen molar-refractivity contribution < 1.29 is 9.13 Å². The monoisotopic (exact) mass is 302 g/mol. The Kier molecular flexibility index (Phi) is 3.39. The summed E-state index contributed by atoms with van der Waals surface area (Å²) in [4.78, 5) is 4.28. The first-order valence-electron chi connectivity index (χ1n) is 6.33. The molecule has 0 amide bonds. The molecule has 106 valence electrons. The highest BCUT2D eigenvalue weighted by molar-refractivity contribution is 6.35. The number of nitrogens with zero attached hydrogens (tertiary/aromatic N) is 1. The van der Waals surface area contributed by atoms with Crippen LogP contribution in [0.3, 0.4) is 0 Å². The zero-order valence-electron chi connectivity index (χ0n) is 11.2. The highest BCUT2D eigenvalue weighted by atomic mass is 35.5. The normalized spacial score (nSPS) is 10.8. The standard InChI is InChI=1S/C16H12ClFN2O/c1-9-7-15(13(19)8-12(9)18)21-14-5-4-11(17)10-3-2-6-20-16(10)14/h2-8H,19H2,1H3. The second-order valence-electron chi connectivity index (χ2n) is 4.69. The van der Waals surface area contributed by atoms with Crippen molar-refractivity contribution in [2.24, 2.45) is 0 Å². The van der Waals surface area contributed by atoms with Crippen LogP contribution in [0.1, 0.15) is 5.56 Å². The number of halogens is 2. The molecule has 3 rings (SSSR count). The molecule has 0 saturated carbocycles. The molecule has 3 nitrogen and oxygen atoms in total. The second-order valence-corrected chi connectivity index (χ2v) is 5.09. The molecule has 0 unspecified atom stereocenters. The average molecular weight is 303 g/mol. The summed E-state index contributed by atoms with van der Waals surface area (Å²) in [5, 5.41) is 1.38. The van der Waals surface area contributed by atoms with Crippen LogP contribution in [0.4, 0.5) is 10.1 Å². The predicted molar refractivity (Wildman–Crippen MR) is 82.4 cm³/mol. The van der Waals surface area contributed by atoms with Gasteiger partial charge in [-0.15, -0.1) is 0 Å². The van der Waals surface area contributed by atoms with Gasteiger partial charge in [-0.3, -0.25) is 4.98 Å². The zero-order valence-corrected chi connectivity index (χ0v) is 12.0. The number of rotatable bonds is 2. The van der Waals surface area contributed by atoms with Crippen molar-refractivity contribution in [2.45, 2.75) is 6.92 Å². The summed E-state index contributed by atoms with van der Waals surface area (Å²) in [6.07, 6.45) is 1.66. The molecule has 0 aliphatic rings. The van der Waals surface area contributed by atoms with E-state index < -0.39 is 0 Å². The van der Waals surface area contributed by atoms with Gasteiger partial charge in [0.15, 0.2) is 11.5 Å².